The largest absolute Gasteiger partial charge is 0.497 e. The molecule has 84 valence electrons. The highest BCUT2D eigenvalue weighted by atomic mass is 79.9. The number of thioether (sulfide) groups is 1. The number of hydrogen-bond donors (Lipinski definition) is 0. The summed E-state index contributed by atoms with van der Waals surface area (Å²) in [5.41, 5.74) is 0. The van der Waals surface area contributed by atoms with Crippen LogP contribution in [0.2, 0.25) is 0 Å². The van der Waals surface area contributed by atoms with Gasteiger partial charge >= 0.3 is 0 Å². The first-order chi connectivity index (χ1) is 7.22. The van der Waals surface area contributed by atoms with Gasteiger partial charge in [-0.1, -0.05) is 22.9 Å². The SMILES string of the molecule is COc1ccc(SCCCC(C)Br)cc1. The van der Waals surface area contributed by atoms with Crippen LogP contribution in [0.3, 0.4) is 0 Å². The van der Waals surface area contributed by atoms with Crippen molar-refractivity contribution in [1.82, 2.24) is 0 Å². The number of halogens is 1. The van der Waals surface area contributed by atoms with Gasteiger partial charge in [-0.05, 0) is 42.9 Å². The maximum atomic E-state index is 5.11. The zero-order valence-electron chi connectivity index (χ0n) is 9.20. The van der Waals surface area contributed by atoms with E-state index in [0.29, 0.717) is 4.83 Å². The van der Waals surface area contributed by atoms with Gasteiger partial charge in [0.25, 0.3) is 0 Å². The van der Waals surface area contributed by atoms with Crippen molar-refractivity contribution in [2.45, 2.75) is 29.5 Å². The highest BCUT2D eigenvalue weighted by molar-refractivity contribution is 9.09. The summed E-state index contributed by atoms with van der Waals surface area (Å²) in [5, 5.41) is 0. The van der Waals surface area contributed by atoms with Crippen molar-refractivity contribution < 1.29 is 4.74 Å². The molecule has 15 heavy (non-hydrogen) atoms. The van der Waals surface area contributed by atoms with Gasteiger partial charge < -0.3 is 4.74 Å². The fourth-order valence-electron chi connectivity index (χ4n) is 1.23. The second-order valence-electron chi connectivity index (χ2n) is 3.45. The van der Waals surface area contributed by atoms with Gasteiger partial charge in [0, 0.05) is 9.72 Å². The van der Waals surface area contributed by atoms with Crippen molar-refractivity contribution in [3.8, 4) is 5.75 Å². The molecule has 1 aromatic rings. The predicted molar refractivity (Wildman–Crippen MR) is 71.3 cm³/mol. The molecule has 0 aliphatic carbocycles. The number of hydrogen-bond acceptors (Lipinski definition) is 2. The maximum Gasteiger partial charge on any atom is 0.118 e. The van der Waals surface area contributed by atoms with E-state index in [9.17, 15) is 0 Å². The van der Waals surface area contributed by atoms with E-state index >= 15 is 0 Å². The van der Waals surface area contributed by atoms with E-state index in [2.05, 4.69) is 35.0 Å². The van der Waals surface area contributed by atoms with Crippen molar-refractivity contribution in [3.05, 3.63) is 24.3 Å². The molecule has 0 aliphatic heterocycles. The molecule has 1 rings (SSSR count). The minimum Gasteiger partial charge on any atom is -0.497 e. The normalized spacial score (nSPS) is 12.5. The molecular formula is C12H17BrOS. The zero-order valence-corrected chi connectivity index (χ0v) is 11.6. The summed E-state index contributed by atoms with van der Waals surface area (Å²) in [5.74, 6) is 2.11. The lowest BCUT2D eigenvalue weighted by Gasteiger charge is -2.04. The molecule has 0 radical (unpaired) electrons. The molecular weight excluding hydrogens is 272 g/mol. The topological polar surface area (TPSA) is 9.23 Å². The molecule has 0 saturated carbocycles. The molecule has 0 heterocycles. The predicted octanol–water partition coefficient (Wildman–Crippen LogP) is 4.35. The molecule has 1 nitrogen and oxygen atoms in total. The molecule has 0 aromatic heterocycles. The molecule has 0 saturated heterocycles. The molecule has 3 heteroatoms. The van der Waals surface area contributed by atoms with Crippen LogP contribution in [0.4, 0.5) is 0 Å². The van der Waals surface area contributed by atoms with Crippen LogP contribution in [-0.2, 0) is 0 Å². The van der Waals surface area contributed by atoms with Crippen molar-refractivity contribution in [1.29, 1.82) is 0 Å². The molecule has 1 unspecified atom stereocenters. The minimum atomic E-state index is 0.633. The average Bonchev–Trinajstić information content (AvgIpc) is 2.25. The first-order valence-electron chi connectivity index (χ1n) is 5.13. The number of rotatable bonds is 6. The number of benzene rings is 1. The van der Waals surface area contributed by atoms with E-state index in [1.807, 2.05) is 23.9 Å². The van der Waals surface area contributed by atoms with Gasteiger partial charge in [0.2, 0.25) is 0 Å². The van der Waals surface area contributed by atoms with Crippen LogP contribution in [0.1, 0.15) is 19.8 Å². The summed E-state index contributed by atoms with van der Waals surface area (Å²) in [6.07, 6.45) is 2.49. The third kappa shape index (κ3) is 5.47. The fourth-order valence-corrected chi connectivity index (χ4v) is 2.43. The van der Waals surface area contributed by atoms with Crippen molar-refractivity contribution >= 4 is 27.7 Å². The van der Waals surface area contributed by atoms with E-state index < -0.39 is 0 Å². The third-order valence-electron chi connectivity index (χ3n) is 2.07. The first-order valence-corrected chi connectivity index (χ1v) is 7.03. The quantitative estimate of drug-likeness (QED) is 0.437. The maximum absolute atomic E-state index is 5.11. The van der Waals surface area contributed by atoms with Gasteiger partial charge in [-0.2, -0.15) is 0 Å². The summed E-state index contributed by atoms with van der Waals surface area (Å²) in [4.78, 5) is 1.95. The van der Waals surface area contributed by atoms with Gasteiger partial charge in [-0.3, -0.25) is 0 Å². The standard InChI is InChI=1S/C12H17BrOS/c1-10(13)4-3-9-15-12-7-5-11(14-2)6-8-12/h5-8,10H,3-4,9H2,1-2H3. The van der Waals surface area contributed by atoms with Crippen LogP contribution in [0, 0.1) is 0 Å². The Morgan fingerprint density at radius 2 is 2.00 bits per heavy atom. The van der Waals surface area contributed by atoms with Crippen LogP contribution >= 0.6 is 27.7 Å². The lowest BCUT2D eigenvalue weighted by Crippen LogP contribution is -1.90. The molecule has 0 aliphatic rings. The van der Waals surface area contributed by atoms with Crippen molar-refractivity contribution in [3.63, 3.8) is 0 Å². The molecule has 0 amide bonds. The van der Waals surface area contributed by atoms with Crippen molar-refractivity contribution in [2.75, 3.05) is 12.9 Å². The van der Waals surface area contributed by atoms with Gasteiger partial charge in [-0.15, -0.1) is 11.8 Å². The Balaban J connectivity index is 2.25. The smallest absolute Gasteiger partial charge is 0.118 e. The summed E-state index contributed by atoms with van der Waals surface area (Å²) in [6.45, 7) is 2.19. The van der Waals surface area contributed by atoms with Gasteiger partial charge in [0.05, 0.1) is 7.11 Å². The van der Waals surface area contributed by atoms with E-state index in [1.165, 1.54) is 23.5 Å². The summed E-state index contributed by atoms with van der Waals surface area (Å²) >= 11 is 5.46. The molecule has 0 bridgehead atoms. The molecule has 0 fully saturated rings. The Hall–Kier alpha value is -0.150. The lowest BCUT2D eigenvalue weighted by molar-refractivity contribution is 0.414. The van der Waals surface area contributed by atoms with Crippen LogP contribution in [0.5, 0.6) is 5.75 Å². The van der Waals surface area contributed by atoms with Gasteiger partial charge in [-0.25, -0.2) is 0 Å². The Labute approximate surface area is 105 Å². The van der Waals surface area contributed by atoms with Crippen molar-refractivity contribution in [2.24, 2.45) is 0 Å². The zero-order chi connectivity index (χ0) is 11.1. The summed E-state index contributed by atoms with van der Waals surface area (Å²) in [7, 11) is 1.69. The Morgan fingerprint density at radius 1 is 1.33 bits per heavy atom. The Kier molecular flexibility index (Phi) is 6.18. The lowest BCUT2D eigenvalue weighted by atomic mass is 10.3. The third-order valence-corrected chi connectivity index (χ3v) is 3.63. The van der Waals surface area contributed by atoms with E-state index in [0.717, 1.165) is 5.75 Å². The second-order valence-corrected chi connectivity index (χ2v) is 6.18. The number of methoxy groups -OCH3 is 1. The number of ether oxygens (including phenoxy) is 1. The first kappa shape index (κ1) is 12.9. The molecule has 1 atom stereocenters. The average molecular weight is 289 g/mol. The van der Waals surface area contributed by atoms with E-state index in [1.54, 1.807) is 7.11 Å². The summed E-state index contributed by atoms with van der Waals surface area (Å²) < 4.78 is 5.11. The number of alkyl halides is 1. The molecule has 0 spiro atoms. The van der Waals surface area contributed by atoms with Crippen LogP contribution in [0.15, 0.2) is 29.2 Å². The van der Waals surface area contributed by atoms with Crippen LogP contribution < -0.4 is 4.74 Å². The monoisotopic (exact) mass is 288 g/mol. The molecule has 1 aromatic carbocycles. The van der Waals surface area contributed by atoms with E-state index in [4.69, 9.17) is 4.74 Å². The van der Waals surface area contributed by atoms with E-state index in [-0.39, 0.29) is 0 Å². The molecule has 0 N–H and O–H groups in total. The minimum absolute atomic E-state index is 0.633. The fraction of sp³-hybridized carbons (Fsp3) is 0.500. The van der Waals surface area contributed by atoms with Crippen LogP contribution in [0.25, 0.3) is 0 Å². The Bertz CT molecular complexity index is 271. The Morgan fingerprint density at radius 3 is 2.53 bits per heavy atom. The van der Waals surface area contributed by atoms with Crippen LogP contribution in [-0.4, -0.2) is 17.7 Å². The highest BCUT2D eigenvalue weighted by Crippen LogP contribution is 2.22. The highest BCUT2D eigenvalue weighted by Gasteiger charge is 1.98. The second kappa shape index (κ2) is 7.18. The summed E-state index contributed by atoms with van der Waals surface area (Å²) in [6, 6.07) is 8.24. The van der Waals surface area contributed by atoms with Gasteiger partial charge in [0.1, 0.15) is 5.75 Å². The van der Waals surface area contributed by atoms with Gasteiger partial charge in [0.15, 0.2) is 0 Å².